The van der Waals surface area contributed by atoms with Gasteiger partial charge in [-0.15, -0.1) is 0 Å². The van der Waals surface area contributed by atoms with Crippen molar-refractivity contribution < 1.29 is 9.59 Å². The fourth-order valence-corrected chi connectivity index (χ4v) is 3.93. The number of carbonyl (C=O) groups is 2. The van der Waals surface area contributed by atoms with Crippen LogP contribution < -0.4 is 5.73 Å². The Morgan fingerprint density at radius 1 is 1.48 bits per heavy atom. The van der Waals surface area contributed by atoms with Gasteiger partial charge in [-0.05, 0) is 37.4 Å². The van der Waals surface area contributed by atoms with E-state index in [1.807, 2.05) is 17.0 Å². The van der Waals surface area contributed by atoms with E-state index < -0.39 is 0 Å². The van der Waals surface area contributed by atoms with E-state index in [4.69, 9.17) is 5.73 Å². The summed E-state index contributed by atoms with van der Waals surface area (Å²) in [6.07, 6.45) is 4.66. The first-order valence-electron chi connectivity index (χ1n) is 8.19. The van der Waals surface area contributed by atoms with E-state index >= 15 is 0 Å². The van der Waals surface area contributed by atoms with E-state index in [2.05, 4.69) is 11.9 Å². The number of nitrogens with two attached hydrogens (primary N) is 1. The van der Waals surface area contributed by atoms with Crippen LogP contribution in [-0.2, 0) is 9.59 Å². The molecule has 0 spiro atoms. The molecule has 2 N–H and O–H groups in total. The molecule has 6 heteroatoms. The number of nitrogens with zero attached hydrogens (tertiary/aromatic N) is 3. The zero-order chi connectivity index (χ0) is 16.6. The molecule has 6 nitrogen and oxygen atoms in total. The lowest BCUT2D eigenvalue weighted by molar-refractivity contribution is -0.137. The van der Waals surface area contributed by atoms with Crippen LogP contribution in [0.15, 0.2) is 24.5 Å². The van der Waals surface area contributed by atoms with Gasteiger partial charge in [0, 0.05) is 38.4 Å². The Labute approximate surface area is 136 Å². The fraction of sp³-hybridized carbons (Fsp3) is 0.588. The Kier molecular flexibility index (Phi) is 4.35. The molecule has 3 heterocycles. The summed E-state index contributed by atoms with van der Waals surface area (Å²) >= 11 is 0. The second-order valence-corrected chi connectivity index (χ2v) is 6.72. The zero-order valence-corrected chi connectivity index (χ0v) is 13.7. The number of carbonyl (C=O) groups excluding carboxylic acids is 2. The summed E-state index contributed by atoms with van der Waals surface area (Å²) in [7, 11) is 1.77. The van der Waals surface area contributed by atoms with E-state index in [-0.39, 0.29) is 36.2 Å². The van der Waals surface area contributed by atoms with E-state index in [0.717, 1.165) is 12.0 Å². The molecule has 4 unspecified atom stereocenters. The third-order valence-corrected chi connectivity index (χ3v) is 5.21. The molecule has 1 aromatic rings. The number of rotatable bonds is 3. The van der Waals surface area contributed by atoms with Crippen LogP contribution in [0.4, 0.5) is 0 Å². The maximum Gasteiger partial charge on any atom is 0.228 e. The predicted molar refractivity (Wildman–Crippen MR) is 86.2 cm³/mol. The maximum absolute atomic E-state index is 13.1. The van der Waals surface area contributed by atoms with Gasteiger partial charge in [-0.1, -0.05) is 6.07 Å². The minimum atomic E-state index is -0.337. The number of aromatic nitrogens is 1. The van der Waals surface area contributed by atoms with Crippen LogP contribution in [-0.4, -0.2) is 52.8 Å². The molecule has 124 valence electrons. The molecule has 3 rings (SSSR count). The molecular weight excluding hydrogens is 292 g/mol. The average Bonchev–Trinajstić information content (AvgIpc) is 3.08. The van der Waals surface area contributed by atoms with Crippen molar-refractivity contribution in [3.05, 3.63) is 30.1 Å². The monoisotopic (exact) mass is 316 g/mol. The van der Waals surface area contributed by atoms with Crippen molar-refractivity contribution in [1.29, 1.82) is 0 Å². The first-order chi connectivity index (χ1) is 11.0. The van der Waals surface area contributed by atoms with Crippen LogP contribution in [0.1, 0.15) is 31.4 Å². The van der Waals surface area contributed by atoms with Gasteiger partial charge in [-0.25, -0.2) is 0 Å². The number of pyridine rings is 1. The highest BCUT2D eigenvalue weighted by molar-refractivity contribution is 5.90. The zero-order valence-electron chi connectivity index (χ0n) is 13.7. The van der Waals surface area contributed by atoms with Crippen molar-refractivity contribution in [3.63, 3.8) is 0 Å². The fourth-order valence-electron chi connectivity index (χ4n) is 3.93. The second-order valence-electron chi connectivity index (χ2n) is 6.72. The average molecular weight is 316 g/mol. The van der Waals surface area contributed by atoms with Crippen molar-refractivity contribution in [2.24, 2.45) is 17.6 Å². The molecule has 2 fully saturated rings. The molecule has 0 aromatic carbocycles. The Bertz CT molecular complexity index is 592. The first kappa shape index (κ1) is 15.9. The summed E-state index contributed by atoms with van der Waals surface area (Å²) in [5, 5.41) is 0. The lowest BCUT2D eigenvalue weighted by atomic mass is 9.93. The van der Waals surface area contributed by atoms with Crippen LogP contribution in [0.3, 0.4) is 0 Å². The number of likely N-dealkylation sites (tertiary alicyclic amines) is 2. The van der Waals surface area contributed by atoms with Crippen molar-refractivity contribution in [2.75, 3.05) is 20.1 Å². The van der Waals surface area contributed by atoms with Gasteiger partial charge < -0.3 is 15.5 Å². The van der Waals surface area contributed by atoms with E-state index in [0.29, 0.717) is 19.0 Å². The van der Waals surface area contributed by atoms with Crippen LogP contribution in [0, 0.1) is 11.8 Å². The summed E-state index contributed by atoms with van der Waals surface area (Å²) < 4.78 is 0. The minimum Gasteiger partial charge on any atom is -0.339 e. The lowest BCUT2D eigenvalue weighted by Gasteiger charge is -2.29. The van der Waals surface area contributed by atoms with Crippen molar-refractivity contribution in [2.45, 2.75) is 31.8 Å². The minimum absolute atomic E-state index is 0.0134. The van der Waals surface area contributed by atoms with Gasteiger partial charge in [0.2, 0.25) is 11.8 Å². The van der Waals surface area contributed by atoms with Gasteiger partial charge in [0.05, 0.1) is 12.0 Å². The molecule has 23 heavy (non-hydrogen) atoms. The normalized spacial score (nSPS) is 31.0. The quantitative estimate of drug-likeness (QED) is 0.894. The molecule has 0 radical (unpaired) electrons. The van der Waals surface area contributed by atoms with Crippen molar-refractivity contribution >= 4 is 11.8 Å². The highest BCUT2D eigenvalue weighted by Gasteiger charge is 2.46. The molecule has 2 aliphatic rings. The van der Waals surface area contributed by atoms with E-state index in [1.54, 1.807) is 24.3 Å². The Balaban J connectivity index is 1.85. The molecule has 4 atom stereocenters. The van der Waals surface area contributed by atoms with Gasteiger partial charge >= 0.3 is 0 Å². The van der Waals surface area contributed by atoms with Crippen LogP contribution in [0.5, 0.6) is 0 Å². The van der Waals surface area contributed by atoms with Crippen molar-refractivity contribution in [3.8, 4) is 0 Å². The van der Waals surface area contributed by atoms with Gasteiger partial charge in [-0.3, -0.25) is 14.6 Å². The number of hydrogen-bond acceptors (Lipinski definition) is 4. The Morgan fingerprint density at radius 3 is 2.87 bits per heavy atom. The second kappa shape index (κ2) is 6.28. The third kappa shape index (κ3) is 2.83. The molecule has 2 amide bonds. The summed E-state index contributed by atoms with van der Waals surface area (Å²) in [4.78, 5) is 33.0. The lowest BCUT2D eigenvalue weighted by Crippen LogP contribution is -2.40. The third-order valence-electron chi connectivity index (χ3n) is 5.21. The molecule has 0 saturated carbocycles. The van der Waals surface area contributed by atoms with Gasteiger partial charge in [0.1, 0.15) is 0 Å². The standard InChI is InChI=1S/C17H24N4O2/c1-11-6-12(8-18)10-21(11)17(23)14-7-15(22)20(2)16(14)13-4-3-5-19-9-13/h3-5,9,11-12,14,16H,6-8,10,18H2,1-2H3. The first-order valence-corrected chi connectivity index (χ1v) is 8.19. The largest absolute Gasteiger partial charge is 0.339 e. The van der Waals surface area contributed by atoms with Crippen LogP contribution >= 0.6 is 0 Å². The Morgan fingerprint density at radius 2 is 2.26 bits per heavy atom. The van der Waals surface area contributed by atoms with E-state index in [1.165, 1.54) is 0 Å². The molecule has 0 aliphatic carbocycles. The molecular formula is C17H24N4O2. The van der Waals surface area contributed by atoms with Gasteiger partial charge in [0.25, 0.3) is 0 Å². The molecule has 0 bridgehead atoms. The van der Waals surface area contributed by atoms with Gasteiger partial charge in [0.15, 0.2) is 0 Å². The number of amides is 2. The number of hydrogen-bond donors (Lipinski definition) is 1. The van der Waals surface area contributed by atoms with E-state index in [9.17, 15) is 9.59 Å². The topological polar surface area (TPSA) is 79.5 Å². The van der Waals surface area contributed by atoms with Crippen LogP contribution in [0.25, 0.3) is 0 Å². The summed E-state index contributed by atoms with van der Waals surface area (Å²) in [5.41, 5.74) is 6.68. The Hall–Kier alpha value is -1.95. The predicted octanol–water partition coefficient (Wildman–Crippen LogP) is 0.797. The van der Waals surface area contributed by atoms with Crippen LogP contribution in [0.2, 0.25) is 0 Å². The summed E-state index contributed by atoms with van der Waals surface area (Å²) in [6.45, 7) is 3.36. The smallest absolute Gasteiger partial charge is 0.228 e. The molecule has 2 saturated heterocycles. The SMILES string of the molecule is CC1CC(CN)CN1C(=O)C1CC(=O)N(C)C1c1cccnc1. The molecule has 2 aliphatic heterocycles. The highest BCUT2D eigenvalue weighted by atomic mass is 16.2. The van der Waals surface area contributed by atoms with Gasteiger partial charge in [-0.2, -0.15) is 0 Å². The summed E-state index contributed by atoms with van der Waals surface area (Å²) in [6, 6.07) is 3.74. The van der Waals surface area contributed by atoms with Crippen molar-refractivity contribution in [1.82, 2.24) is 14.8 Å². The highest BCUT2D eigenvalue weighted by Crippen LogP contribution is 2.39. The summed E-state index contributed by atoms with van der Waals surface area (Å²) in [5.74, 6) is 0.107. The maximum atomic E-state index is 13.1. The molecule has 1 aromatic heterocycles.